The van der Waals surface area contributed by atoms with Gasteiger partial charge in [0.25, 0.3) is 0 Å². The number of aromatic nitrogens is 4. The minimum Gasteiger partial charge on any atom is -0.345 e. The molecule has 1 N–H and O–H groups in total. The summed E-state index contributed by atoms with van der Waals surface area (Å²) in [7, 11) is 0. The van der Waals surface area contributed by atoms with Gasteiger partial charge in [0.05, 0.1) is 22.9 Å². The van der Waals surface area contributed by atoms with Crippen molar-refractivity contribution in [3.8, 4) is 11.1 Å². The number of nitrogens with one attached hydrogen (secondary N) is 1. The maximum atomic E-state index is 13.1. The molecule has 0 aliphatic heterocycles. The minimum atomic E-state index is -4.45. The molecule has 0 aliphatic carbocycles. The third kappa shape index (κ3) is 2.03. The fourth-order valence-electron chi connectivity index (χ4n) is 1.89. The molecule has 0 atom stereocenters. The van der Waals surface area contributed by atoms with Gasteiger partial charge in [-0.05, 0) is 17.7 Å². The van der Waals surface area contributed by atoms with Crippen LogP contribution in [0.5, 0.6) is 0 Å². The summed E-state index contributed by atoms with van der Waals surface area (Å²) in [5, 5.41) is 0. The van der Waals surface area contributed by atoms with Crippen LogP contribution in [0.3, 0.4) is 0 Å². The summed E-state index contributed by atoms with van der Waals surface area (Å²) in [5.41, 5.74) is 0.395. The zero-order valence-electron chi connectivity index (χ0n) is 9.44. The molecule has 96 valence electrons. The largest absolute Gasteiger partial charge is 0.417 e. The van der Waals surface area contributed by atoms with Gasteiger partial charge < -0.3 is 4.98 Å². The van der Waals surface area contributed by atoms with Crippen molar-refractivity contribution >= 4 is 11.0 Å². The van der Waals surface area contributed by atoms with Crippen molar-refractivity contribution in [2.45, 2.75) is 6.18 Å². The van der Waals surface area contributed by atoms with E-state index in [-0.39, 0.29) is 5.56 Å². The molecular formula is C12H7F3N4. The van der Waals surface area contributed by atoms with Gasteiger partial charge in [-0.2, -0.15) is 13.2 Å². The van der Waals surface area contributed by atoms with E-state index >= 15 is 0 Å². The van der Waals surface area contributed by atoms with E-state index in [9.17, 15) is 13.2 Å². The second kappa shape index (κ2) is 4.04. The Morgan fingerprint density at radius 1 is 1.05 bits per heavy atom. The molecule has 3 rings (SSSR count). The lowest BCUT2D eigenvalue weighted by Crippen LogP contribution is -2.07. The summed E-state index contributed by atoms with van der Waals surface area (Å²) in [4.78, 5) is 14.1. The number of rotatable bonds is 1. The van der Waals surface area contributed by atoms with Crippen LogP contribution in [0, 0.1) is 0 Å². The Labute approximate surface area is 105 Å². The van der Waals surface area contributed by atoms with Crippen molar-refractivity contribution in [3.63, 3.8) is 0 Å². The normalized spacial score (nSPS) is 11.9. The van der Waals surface area contributed by atoms with E-state index in [0.29, 0.717) is 16.6 Å². The summed E-state index contributed by atoms with van der Waals surface area (Å²) >= 11 is 0. The molecule has 2 aromatic heterocycles. The van der Waals surface area contributed by atoms with Gasteiger partial charge in [0, 0.05) is 18.0 Å². The fraction of sp³-hybridized carbons (Fsp3) is 0.0833. The minimum absolute atomic E-state index is 0.0210. The van der Waals surface area contributed by atoms with Gasteiger partial charge in [0.15, 0.2) is 0 Å². The average molecular weight is 264 g/mol. The summed E-state index contributed by atoms with van der Waals surface area (Å²) in [6.07, 6.45) is 0.858. The van der Waals surface area contributed by atoms with E-state index in [1.807, 2.05) is 0 Å². The molecule has 0 amide bonds. The number of nitrogens with zero attached hydrogens (tertiary/aromatic N) is 3. The van der Waals surface area contributed by atoms with Crippen molar-refractivity contribution in [1.29, 1.82) is 0 Å². The molecule has 19 heavy (non-hydrogen) atoms. The highest BCUT2D eigenvalue weighted by molar-refractivity contribution is 5.84. The Bertz CT molecular complexity index is 719. The molecular weight excluding hydrogens is 257 g/mol. The highest BCUT2D eigenvalue weighted by Crippen LogP contribution is 2.38. The zero-order chi connectivity index (χ0) is 13.5. The fourth-order valence-corrected chi connectivity index (χ4v) is 1.89. The van der Waals surface area contributed by atoms with Crippen LogP contribution in [-0.4, -0.2) is 19.9 Å². The Morgan fingerprint density at radius 3 is 2.47 bits per heavy atom. The van der Waals surface area contributed by atoms with Gasteiger partial charge in [-0.15, -0.1) is 0 Å². The molecule has 2 heterocycles. The van der Waals surface area contributed by atoms with Crippen molar-refractivity contribution in [3.05, 3.63) is 42.7 Å². The number of imidazole rings is 1. The standard InChI is InChI=1S/C12H7F3N4/c13-12(14,15)9-2-11-10(18-6-19-11)1-8(9)7-3-16-5-17-4-7/h1-6H,(H,18,19). The average Bonchev–Trinajstić information content (AvgIpc) is 2.84. The number of H-pyrrole nitrogens is 1. The Hall–Kier alpha value is -2.44. The predicted molar refractivity (Wildman–Crippen MR) is 62.1 cm³/mol. The summed E-state index contributed by atoms with van der Waals surface area (Å²) < 4.78 is 39.3. The Morgan fingerprint density at radius 2 is 1.79 bits per heavy atom. The number of fused-ring (bicyclic) bond motifs is 1. The van der Waals surface area contributed by atoms with Gasteiger partial charge in [-0.25, -0.2) is 15.0 Å². The van der Waals surface area contributed by atoms with Crippen molar-refractivity contribution in [2.75, 3.05) is 0 Å². The van der Waals surface area contributed by atoms with Crippen LogP contribution in [0.4, 0.5) is 13.2 Å². The summed E-state index contributed by atoms with van der Waals surface area (Å²) in [5.74, 6) is 0. The number of aromatic amines is 1. The van der Waals surface area contributed by atoms with E-state index < -0.39 is 11.7 Å². The topological polar surface area (TPSA) is 54.5 Å². The number of hydrogen-bond acceptors (Lipinski definition) is 3. The van der Waals surface area contributed by atoms with Gasteiger partial charge in [-0.1, -0.05) is 0 Å². The van der Waals surface area contributed by atoms with E-state index in [0.717, 1.165) is 6.07 Å². The van der Waals surface area contributed by atoms with Crippen LogP contribution in [0.2, 0.25) is 0 Å². The first-order chi connectivity index (χ1) is 9.05. The van der Waals surface area contributed by atoms with Gasteiger partial charge in [0.1, 0.15) is 6.33 Å². The maximum Gasteiger partial charge on any atom is 0.417 e. The number of halogens is 3. The van der Waals surface area contributed by atoms with Crippen molar-refractivity contribution in [1.82, 2.24) is 19.9 Å². The molecule has 0 aliphatic rings. The van der Waals surface area contributed by atoms with Gasteiger partial charge in [-0.3, -0.25) is 0 Å². The lowest BCUT2D eigenvalue weighted by molar-refractivity contribution is -0.137. The SMILES string of the molecule is FC(F)(F)c1cc2[nH]cnc2cc1-c1cncnc1. The first-order valence-corrected chi connectivity index (χ1v) is 5.35. The van der Waals surface area contributed by atoms with E-state index in [1.54, 1.807) is 0 Å². The molecule has 1 aromatic carbocycles. The van der Waals surface area contributed by atoms with Crippen LogP contribution in [0.1, 0.15) is 5.56 Å². The lowest BCUT2D eigenvalue weighted by Gasteiger charge is -2.12. The third-order valence-corrected chi connectivity index (χ3v) is 2.74. The van der Waals surface area contributed by atoms with Crippen molar-refractivity contribution in [2.24, 2.45) is 0 Å². The molecule has 0 spiro atoms. The predicted octanol–water partition coefficient (Wildman–Crippen LogP) is 3.04. The quantitative estimate of drug-likeness (QED) is 0.735. The monoisotopic (exact) mass is 264 g/mol. The van der Waals surface area contributed by atoms with Crippen LogP contribution in [0.15, 0.2) is 37.2 Å². The highest BCUT2D eigenvalue weighted by atomic mass is 19.4. The number of alkyl halides is 3. The van der Waals surface area contributed by atoms with Crippen LogP contribution < -0.4 is 0 Å². The molecule has 3 aromatic rings. The molecule has 4 nitrogen and oxygen atoms in total. The Kier molecular flexibility index (Phi) is 2.48. The first kappa shape index (κ1) is 11.6. The van der Waals surface area contributed by atoms with E-state index in [4.69, 9.17) is 0 Å². The lowest BCUT2D eigenvalue weighted by atomic mass is 10.0. The smallest absolute Gasteiger partial charge is 0.345 e. The molecule has 7 heteroatoms. The third-order valence-electron chi connectivity index (χ3n) is 2.74. The molecule has 0 saturated carbocycles. The maximum absolute atomic E-state index is 13.1. The van der Waals surface area contributed by atoms with E-state index in [2.05, 4.69) is 19.9 Å². The second-order valence-corrected chi connectivity index (χ2v) is 3.94. The summed E-state index contributed by atoms with van der Waals surface area (Å²) in [6.45, 7) is 0. The highest BCUT2D eigenvalue weighted by Gasteiger charge is 2.34. The van der Waals surface area contributed by atoms with Crippen LogP contribution in [-0.2, 0) is 6.18 Å². The van der Waals surface area contributed by atoms with E-state index in [1.165, 1.54) is 31.1 Å². The Balaban J connectivity index is 2.32. The van der Waals surface area contributed by atoms with Crippen molar-refractivity contribution < 1.29 is 13.2 Å². The van der Waals surface area contributed by atoms with Gasteiger partial charge in [0.2, 0.25) is 0 Å². The first-order valence-electron chi connectivity index (χ1n) is 5.35. The zero-order valence-corrected chi connectivity index (χ0v) is 9.44. The molecule has 0 radical (unpaired) electrons. The molecule has 0 bridgehead atoms. The van der Waals surface area contributed by atoms with Gasteiger partial charge >= 0.3 is 6.18 Å². The number of benzene rings is 1. The second-order valence-electron chi connectivity index (χ2n) is 3.94. The molecule has 0 fully saturated rings. The van der Waals surface area contributed by atoms with Crippen LogP contribution >= 0.6 is 0 Å². The summed E-state index contributed by atoms with van der Waals surface area (Å²) in [6, 6.07) is 2.43. The molecule has 0 unspecified atom stereocenters. The molecule has 0 saturated heterocycles. The number of hydrogen-bond donors (Lipinski definition) is 1. The van der Waals surface area contributed by atoms with Crippen LogP contribution in [0.25, 0.3) is 22.2 Å².